The summed E-state index contributed by atoms with van der Waals surface area (Å²) in [5, 5.41) is 7.11. The van der Waals surface area contributed by atoms with E-state index in [1.807, 2.05) is 0 Å². The summed E-state index contributed by atoms with van der Waals surface area (Å²) in [5.41, 5.74) is 0.282. The zero-order valence-electron chi connectivity index (χ0n) is 15.5. The number of esters is 1. The number of amides is 1. The van der Waals surface area contributed by atoms with E-state index in [4.69, 9.17) is 4.74 Å². The summed E-state index contributed by atoms with van der Waals surface area (Å²) in [6.07, 6.45) is -1.16. The van der Waals surface area contributed by atoms with Gasteiger partial charge < -0.3 is 10.1 Å². The number of ether oxygens (including phenoxy) is 1. The topological polar surface area (TPSA) is 90.3 Å². The summed E-state index contributed by atoms with van der Waals surface area (Å²) in [5.74, 6) is -1.92. The van der Waals surface area contributed by atoms with Gasteiger partial charge in [0.05, 0.1) is 5.39 Å². The number of benzene rings is 2. The maximum absolute atomic E-state index is 13.6. The highest BCUT2D eigenvalue weighted by Gasteiger charge is 2.23. The second kappa shape index (κ2) is 7.59. The Kier molecular flexibility index (Phi) is 5.21. The fourth-order valence-corrected chi connectivity index (χ4v) is 2.63. The van der Waals surface area contributed by atoms with Crippen molar-refractivity contribution in [2.45, 2.75) is 20.0 Å². The van der Waals surface area contributed by atoms with Crippen LogP contribution in [0.15, 0.2) is 47.3 Å². The van der Waals surface area contributed by atoms with Crippen molar-refractivity contribution in [2.75, 3.05) is 5.32 Å². The zero-order chi connectivity index (χ0) is 20.4. The van der Waals surface area contributed by atoms with Crippen LogP contribution in [-0.2, 0) is 16.6 Å². The van der Waals surface area contributed by atoms with Crippen LogP contribution >= 0.6 is 0 Å². The lowest BCUT2D eigenvalue weighted by Gasteiger charge is -2.14. The number of fused-ring (bicyclic) bond motifs is 1. The molecule has 2 aromatic carbocycles. The maximum atomic E-state index is 13.6. The minimum Gasteiger partial charge on any atom is -0.448 e. The monoisotopic (exact) mass is 383 g/mol. The number of rotatable bonds is 4. The van der Waals surface area contributed by atoms with Gasteiger partial charge in [0.25, 0.3) is 11.5 Å². The van der Waals surface area contributed by atoms with Crippen LogP contribution in [0.25, 0.3) is 10.8 Å². The molecule has 1 heterocycles. The Morgan fingerprint density at radius 3 is 2.54 bits per heavy atom. The summed E-state index contributed by atoms with van der Waals surface area (Å²) in [7, 11) is 1.42. The van der Waals surface area contributed by atoms with Gasteiger partial charge in [-0.3, -0.25) is 9.59 Å². The first-order chi connectivity index (χ1) is 13.3. The summed E-state index contributed by atoms with van der Waals surface area (Å²) >= 11 is 0. The Bertz CT molecular complexity index is 1140. The number of aryl methyl sites for hydroxylation is 2. The number of nitrogens with one attached hydrogen (secondary N) is 1. The molecular formula is C20H18FN3O4. The molecule has 1 atom stereocenters. The van der Waals surface area contributed by atoms with Gasteiger partial charge in [-0.25, -0.2) is 13.9 Å². The van der Waals surface area contributed by atoms with Crippen molar-refractivity contribution in [3.8, 4) is 0 Å². The molecule has 28 heavy (non-hydrogen) atoms. The third-order valence-electron chi connectivity index (χ3n) is 4.24. The predicted octanol–water partition coefficient (Wildman–Crippen LogP) is 2.57. The lowest BCUT2D eigenvalue weighted by atomic mass is 10.1. The van der Waals surface area contributed by atoms with E-state index in [0.717, 1.165) is 4.68 Å². The minimum absolute atomic E-state index is 0.0706. The molecule has 3 aromatic rings. The molecule has 1 N–H and O–H groups in total. The molecule has 0 fully saturated rings. The van der Waals surface area contributed by atoms with Gasteiger partial charge >= 0.3 is 5.97 Å². The highest BCUT2D eigenvalue weighted by molar-refractivity contribution is 6.03. The largest absolute Gasteiger partial charge is 0.448 e. The summed E-state index contributed by atoms with van der Waals surface area (Å²) in [4.78, 5) is 37.0. The Morgan fingerprint density at radius 1 is 1.18 bits per heavy atom. The molecular weight excluding hydrogens is 365 g/mol. The first kappa shape index (κ1) is 19.2. The first-order valence-electron chi connectivity index (χ1n) is 8.52. The molecule has 8 heteroatoms. The molecule has 0 aliphatic heterocycles. The van der Waals surface area contributed by atoms with E-state index in [2.05, 4.69) is 10.4 Å². The molecule has 0 bridgehead atoms. The SMILES string of the molecule is Cc1ccc(NC(=O)[C@H](C)OC(=O)c2nn(C)c(=O)c3ccccc23)cc1F. The Morgan fingerprint density at radius 2 is 1.86 bits per heavy atom. The Labute approximate surface area is 159 Å². The Hall–Kier alpha value is -3.55. The molecule has 1 amide bonds. The van der Waals surface area contributed by atoms with E-state index in [1.165, 1.54) is 26.1 Å². The van der Waals surface area contributed by atoms with Crippen molar-refractivity contribution in [2.24, 2.45) is 7.05 Å². The zero-order valence-corrected chi connectivity index (χ0v) is 15.5. The van der Waals surface area contributed by atoms with Crippen LogP contribution in [0.5, 0.6) is 0 Å². The van der Waals surface area contributed by atoms with Crippen molar-refractivity contribution in [1.29, 1.82) is 0 Å². The van der Waals surface area contributed by atoms with Gasteiger partial charge in [0.1, 0.15) is 5.82 Å². The number of halogens is 1. The van der Waals surface area contributed by atoms with Crippen LogP contribution in [0.2, 0.25) is 0 Å². The summed E-state index contributed by atoms with van der Waals surface area (Å²) < 4.78 is 19.9. The van der Waals surface area contributed by atoms with Crippen molar-refractivity contribution in [3.05, 3.63) is 69.9 Å². The maximum Gasteiger partial charge on any atom is 0.360 e. The van der Waals surface area contributed by atoms with Crippen molar-refractivity contribution >= 4 is 28.3 Å². The van der Waals surface area contributed by atoms with Crippen LogP contribution in [-0.4, -0.2) is 27.8 Å². The average molecular weight is 383 g/mol. The Balaban J connectivity index is 1.80. The van der Waals surface area contributed by atoms with E-state index in [9.17, 15) is 18.8 Å². The van der Waals surface area contributed by atoms with Crippen molar-refractivity contribution < 1.29 is 18.7 Å². The number of aromatic nitrogens is 2. The van der Waals surface area contributed by atoms with Gasteiger partial charge in [-0.1, -0.05) is 24.3 Å². The molecule has 0 saturated carbocycles. The quantitative estimate of drug-likeness (QED) is 0.700. The molecule has 0 unspecified atom stereocenters. The van der Waals surface area contributed by atoms with Crippen LogP contribution in [0, 0.1) is 12.7 Å². The fourth-order valence-electron chi connectivity index (χ4n) is 2.63. The molecule has 0 radical (unpaired) electrons. The average Bonchev–Trinajstić information content (AvgIpc) is 2.67. The van der Waals surface area contributed by atoms with Gasteiger partial charge in [0.2, 0.25) is 0 Å². The van der Waals surface area contributed by atoms with Crippen LogP contribution in [0.3, 0.4) is 0 Å². The molecule has 0 aliphatic rings. The van der Waals surface area contributed by atoms with Crippen LogP contribution in [0.1, 0.15) is 23.0 Å². The summed E-state index contributed by atoms with van der Waals surface area (Å²) in [6.45, 7) is 3.00. The summed E-state index contributed by atoms with van der Waals surface area (Å²) in [6, 6.07) is 10.8. The van der Waals surface area contributed by atoms with Crippen LogP contribution in [0.4, 0.5) is 10.1 Å². The van der Waals surface area contributed by atoms with Gasteiger partial charge in [-0.2, -0.15) is 5.10 Å². The van der Waals surface area contributed by atoms with E-state index in [0.29, 0.717) is 16.3 Å². The van der Waals surface area contributed by atoms with Gasteiger partial charge in [0, 0.05) is 18.1 Å². The second-order valence-electron chi connectivity index (χ2n) is 6.32. The number of hydrogen-bond acceptors (Lipinski definition) is 5. The predicted molar refractivity (Wildman–Crippen MR) is 102 cm³/mol. The molecule has 1 aromatic heterocycles. The second-order valence-corrected chi connectivity index (χ2v) is 6.32. The lowest BCUT2D eigenvalue weighted by Crippen LogP contribution is -2.31. The smallest absolute Gasteiger partial charge is 0.360 e. The number of hydrogen-bond donors (Lipinski definition) is 1. The van der Waals surface area contributed by atoms with Crippen molar-refractivity contribution in [3.63, 3.8) is 0 Å². The highest BCUT2D eigenvalue weighted by Crippen LogP contribution is 2.16. The number of nitrogens with zero attached hydrogens (tertiary/aromatic N) is 2. The van der Waals surface area contributed by atoms with Gasteiger partial charge in [0.15, 0.2) is 11.8 Å². The van der Waals surface area contributed by atoms with Gasteiger partial charge in [-0.15, -0.1) is 0 Å². The van der Waals surface area contributed by atoms with E-state index < -0.39 is 23.8 Å². The minimum atomic E-state index is -1.16. The third kappa shape index (κ3) is 3.75. The lowest BCUT2D eigenvalue weighted by molar-refractivity contribution is -0.123. The first-order valence-corrected chi connectivity index (χ1v) is 8.52. The molecule has 7 nitrogen and oxygen atoms in total. The highest BCUT2D eigenvalue weighted by atomic mass is 19.1. The van der Waals surface area contributed by atoms with Crippen LogP contribution < -0.4 is 10.9 Å². The van der Waals surface area contributed by atoms with Gasteiger partial charge in [-0.05, 0) is 37.6 Å². The number of carbonyl (C=O) groups is 2. The normalized spacial score (nSPS) is 11.9. The standard InChI is InChI=1S/C20H18FN3O4/c1-11-8-9-13(10-16(11)21)22-18(25)12(2)28-20(27)17-14-6-4-5-7-15(14)19(26)24(3)23-17/h4-10,12H,1-3H3,(H,22,25)/t12-/m0/s1. The number of anilines is 1. The van der Waals surface area contributed by atoms with Crippen molar-refractivity contribution in [1.82, 2.24) is 9.78 Å². The van der Waals surface area contributed by atoms with E-state index >= 15 is 0 Å². The van der Waals surface area contributed by atoms with E-state index in [-0.39, 0.29) is 16.9 Å². The third-order valence-corrected chi connectivity index (χ3v) is 4.24. The fraction of sp³-hybridized carbons (Fsp3) is 0.200. The molecule has 0 saturated heterocycles. The number of carbonyl (C=O) groups excluding carboxylic acids is 2. The molecule has 0 aliphatic carbocycles. The molecule has 144 valence electrons. The molecule has 3 rings (SSSR count). The molecule has 0 spiro atoms. The van der Waals surface area contributed by atoms with E-state index in [1.54, 1.807) is 37.3 Å².